The highest BCUT2D eigenvalue weighted by molar-refractivity contribution is 6.02. The number of aliphatic carboxylic acids is 5. The maximum Gasteiger partial charge on any atom is 0.326 e. The monoisotopic (exact) mass is 1980 g/mol. The van der Waals surface area contributed by atoms with E-state index < -0.39 is 316 Å². The lowest BCUT2D eigenvalue weighted by Gasteiger charge is -2.30. The molecular formula is C90H130N22O29. The Balaban J connectivity index is 1.69. The molecule has 17 atom stereocenters. The van der Waals surface area contributed by atoms with E-state index in [1.807, 2.05) is 0 Å². The number of carboxylic acid groups (broad SMARTS) is 5. The number of benzene rings is 3. The second-order valence-corrected chi connectivity index (χ2v) is 34.9. The third kappa shape index (κ3) is 43.0. The third-order valence-corrected chi connectivity index (χ3v) is 21.7. The van der Waals surface area contributed by atoms with Crippen LogP contribution < -0.4 is 102 Å². The number of hydrogen-bond acceptors (Lipinski definition) is 27. The molecule has 0 aliphatic carbocycles. The summed E-state index contributed by atoms with van der Waals surface area (Å²) < 4.78 is 0. The summed E-state index contributed by atoms with van der Waals surface area (Å²) in [6.45, 7) is 12.6. The number of phenols is 2. The number of nitrogens with one attached hydrogen (secondary N) is 18. The van der Waals surface area contributed by atoms with Crippen molar-refractivity contribution < 1.29 is 142 Å². The van der Waals surface area contributed by atoms with Crippen LogP contribution in [0.2, 0.25) is 0 Å². The van der Waals surface area contributed by atoms with Crippen molar-refractivity contribution in [1.82, 2.24) is 95.0 Å². The van der Waals surface area contributed by atoms with Gasteiger partial charge in [-0.15, -0.1) is 0 Å². The fourth-order valence-corrected chi connectivity index (χ4v) is 14.0. The molecule has 51 heteroatoms. The number of aliphatic hydroxyl groups is 1. The topological polar surface area (TPSA) is 843 Å². The fraction of sp³-hybridized carbons (Fsp3) is 0.522. The standard InChI is InChI=1S/C90H130N22O29/c1-10-46(8)73(112-85(136)58(32-44(4)5)103-86(137)66(41-113)110-84(135)64(38-70(121)122)101-74(125)47(9)91)88(139)100-56(27-29-69(119)120)77(128)111-72(45(6)7)87(138)108-61(33-48-15-12-11-13-16-48)80(131)107-63(37-67(92)116)83(134)102-57(31-43(2)3)78(129)106-62(36-51-40-95-42-97-51)82(133)99-55(26-28-68(117)118)76(127)98-54(17-14-30-96-90(93)94)75(126)104-59(34-49-18-22-52(114)23-19-49)79(130)105-60(35-50-20-24-53(115)25-21-50)81(132)109-65(89(140)141)39-71(123)124/h11-13,15-16,18-25,40,42-47,54-66,72-73,113-115H,10,14,17,26-39,41,91H2,1-9H3,(H2,92,116)(H,95,97)(H,98,127)(H,99,133)(H,100,139)(H,101,125)(H,102,134)(H,103,137)(H,104,126)(H,105,130)(H,106,129)(H,107,131)(H,108,138)(H,109,132)(H,110,135)(H,111,128)(H,112,136)(H,117,118)(H,119,120)(H,121,122)(H,123,124)(H,140,141)(H4,93,94,96)/t46-,47-,54-,55-,56-,57-,58-,59-,60-,61-,62-,63-,64-,65-,66-,72-,73-/m0/s1. The molecule has 141 heavy (non-hydrogen) atoms. The maximum absolute atomic E-state index is 15.0. The van der Waals surface area contributed by atoms with Crippen LogP contribution >= 0.6 is 0 Å². The van der Waals surface area contributed by atoms with Crippen molar-refractivity contribution in [1.29, 1.82) is 5.41 Å². The van der Waals surface area contributed by atoms with E-state index in [0.717, 1.165) is 0 Å². The zero-order valence-corrected chi connectivity index (χ0v) is 79.3. The number of aromatic nitrogens is 2. The summed E-state index contributed by atoms with van der Waals surface area (Å²) in [7, 11) is 0. The van der Waals surface area contributed by atoms with Gasteiger partial charge in [0.15, 0.2) is 5.96 Å². The molecule has 1 heterocycles. The number of carbonyl (C=O) groups is 21. The van der Waals surface area contributed by atoms with Gasteiger partial charge in [0.1, 0.15) is 102 Å². The van der Waals surface area contributed by atoms with Gasteiger partial charge in [0.05, 0.1) is 38.2 Å². The van der Waals surface area contributed by atoms with Crippen LogP contribution in [0.15, 0.2) is 91.4 Å². The quantitative estimate of drug-likeness (QED) is 0.0111. The molecule has 4 rings (SSSR count). The largest absolute Gasteiger partial charge is 0.508 e. The zero-order chi connectivity index (χ0) is 106. The molecule has 32 N–H and O–H groups in total. The average Bonchev–Trinajstić information content (AvgIpc) is 1.35. The first-order valence-corrected chi connectivity index (χ1v) is 45.2. The van der Waals surface area contributed by atoms with Crippen LogP contribution in [-0.4, -0.2) is 291 Å². The molecule has 1 aromatic heterocycles. The van der Waals surface area contributed by atoms with E-state index in [-0.39, 0.29) is 79.3 Å². The van der Waals surface area contributed by atoms with Crippen LogP contribution in [0.4, 0.5) is 0 Å². The molecule has 0 radical (unpaired) electrons. The second kappa shape index (κ2) is 59.0. The molecule has 0 unspecified atom stereocenters. The summed E-state index contributed by atoms with van der Waals surface area (Å²) in [6.07, 6.45) is -6.19. The summed E-state index contributed by atoms with van der Waals surface area (Å²) in [4.78, 5) is 296. The van der Waals surface area contributed by atoms with Gasteiger partial charge in [0.2, 0.25) is 94.5 Å². The first-order valence-electron chi connectivity index (χ1n) is 45.2. The lowest BCUT2D eigenvalue weighted by molar-refractivity contribution is -0.147. The molecular weight excluding hydrogens is 1850 g/mol. The van der Waals surface area contributed by atoms with E-state index in [9.17, 15) is 142 Å². The van der Waals surface area contributed by atoms with E-state index >= 15 is 0 Å². The lowest BCUT2D eigenvalue weighted by Crippen LogP contribution is -2.62. The van der Waals surface area contributed by atoms with Gasteiger partial charge in [0, 0.05) is 57.0 Å². The van der Waals surface area contributed by atoms with E-state index in [4.69, 9.17) is 22.6 Å². The molecule has 3 aromatic carbocycles. The maximum atomic E-state index is 15.0. The molecule has 0 bridgehead atoms. The zero-order valence-electron chi connectivity index (χ0n) is 79.3. The number of phenolic OH excluding ortho intramolecular Hbond substituents is 2. The number of H-pyrrole nitrogens is 1. The Hall–Kier alpha value is -15.5. The first kappa shape index (κ1) is 118. The van der Waals surface area contributed by atoms with Crippen molar-refractivity contribution in [3.63, 3.8) is 0 Å². The minimum Gasteiger partial charge on any atom is -0.508 e. The van der Waals surface area contributed by atoms with Crippen LogP contribution in [0.5, 0.6) is 11.5 Å². The molecule has 0 aliphatic rings. The van der Waals surface area contributed by atoms with Gasteiger partial charge in [0.25, 0.3) is 0 Å². The van der Waals surface area contributed by atoms with Crippen molar-refractivity contribution in [3.8, 4) is 11.5 Å². The van der Waals surface area contributed by atoms with Gasteiger partial charge < -0.3 is 148 Å². The van der Waals surface area contributed by atoms with Gasteiger partial charge >= 0.3 is 29.8 Å². The predicted molar refractivity (Wildman–Crippen MR) is 498 cm³/mol. The average molecular weight is 1980 g/mol. The van der Waals surface area contributed by atoms with E-state index in [0.29, 0.717) is 5.56 Å². The van der Waals surface area contributed by atoms with Gasteiger partial charge in [-0.25, -0.2) is 9.78 Å². The Bertz CT molecular complexity index is 4990. The number of carbonyl (C=O) groups excluding carboxylic acids is 16. The van der Waals surface area contributed by atoms with Gasteiger partial charge in [-0.05, 0) is 110 Å². The number of primary amides is 1. The van der Waals surface area contributed by atoms with Crippen molar-refractivity contribution in [2.24, 2.45) is 40.9 Å². The minimum absolute atomic E-state index is 0.110. The lowest BCUT2D eigenvalue weighted by atomic mass is 9.96. The van der Waals surface area contributed by atoms with E-state index in [1.165, 1.54) is 88.8 Å². The van der Waals surface area contributed by atoms with Crippen molar-refractivity contribution in [2.45, 2.75) is 262 Å². The minimum atomic E-state index is -2.03. The highest BCUT2D eigenvalue weighted by Gasteiger charge is 2.42. The molecule has 51 nitrogen and oxygen atoms in total. The normalized spacial score (nSPS) is 14.7. The fourth-order valence-electron chi connectivity index (χ4n) is 14.0. The van der Waals surface area contributed by atoms with Crippen molar-refractivity contribution in [2.75, 3.05) is 13.2 Å². The van der Waals surface area contributed by atoms with Crippen LogP contribution in [0, 0.1) is 29.1 Å². The Morgan fingerprint density at radius 1 is 0.376 bits per heavy atom. The number of aromatic hydroxyl groups is 2. The van der Waals surface area contributed by atoms with E-state index in [2.05, 4.69) is 95.0 Å². The number of nitrogens with two attached hydrogens (primary N) is 3. The van der Waals surface area contributed by atoms with Crippen LogP contribution in [0.3, 0.4) is 0 Å². The Morgan fingerprint density at radius 2 is 0.709 bits per heavy atom. The molecule has 16 amide bonds. The summed E-state index contributed by atoms with van der Waals surface area (Å²) in [5, 5.41) is 126. The Morgan fingerprint density at radius 3 is 1.11 bits per heavy atom. The molecule has 0 spiro atoms. The number of rotatable bonds is 63. The summed E-state index contributed by atoms with van der Waals surface area (Å²) >= 11 is 0. The van der Waals surface area contributed by atoms with Gasteiger partial charge in [-0.3, -0.25) is 101 Å². The van der Waals surface area contributed by atoms with Gasteiger partial charge in [-0.2, -0.15) is 0 Å². The molecule has 0 saturated carbocycles. The molecule has 0 fully saturated rings. The van der Waals surface area contributed by atoms with E-state index in [1.54, 1.807) is 65.0 Å². The van der Waals surface area contributed by atoms with Crippen LogP contribution in [0.25, 0.3) is 0 Å². The number of aliphatic hydroxyl groups excluding tert-OH is 1. The third-order valence-electron chi connectivity index (χ3n) is 21.7. The highest BCUT2D eigenvalue weighted by Crippen LogP contribution is 2.20. The predicted octanol–water partition coefficient (Wildman–Crippen LogP) is -5.60. The van der Waals surface area contributed by atoms with Crippen molar-refractivity contribution >= 4 is 130 Å². The number of guanidine groups is 1. The molecule has 4 aromatic rings. The van der Waals surface area contributed by atoms with Crippen LogP contribution in [-0.2, 0) is 126 Å². The molecule has 0 aliphatic heterocycles. The second-order valence-electron chi connectivity index (χ2n) is 34.9. The summed E-state index contributed by atoms with van der Waals surface area (Å²) in [6, 6.07) is -9.73. The number of imidazole rings is 1. The summed E-state index contributed by atoms with van der Waals surface area (Å²) in [5.74, 6) is -29.9. The Kier molecular flexibility index (Phi) is 49.3. The summed E-state index contributed by atoms with van der Waals surface area (Å²) in [5.41, 5.74) is 17.9. The first-order chi connectivity index (χ1) is 66.3. The molecule has 0 saturated heterocycles. The van der Waals surface area contributed by atoms with Crippen molar-refractivity contribution in [3.05, 3.63) is 114 Å². The number of carboxylic acids is 5. The number of nitrogens with zero attached hydrogens (tertiary/aromatic N) is 1. The smallest absolute Gasteiger partial charge is 0.326 e. The molecule has 774 valence electrons. The number of aromatic amines is 1. The highest BCUT2D eigenvalue weighted by atomic mass is 16.4. The number of hydrogen-bond donors (Lipinski definition) is 29. The van der Waals surface area contributed by atoms with Crippen LogP contribution in [0.1, 0.15) is 162 Å². The Labute approximate surface area is 809 Å². The SMILES string of the molecule is CC[C@H](C)[C@H](NC(=O)[C@H](CC(C)C)NC(=O)[C@H](CO)NC(=O)[C@H](CC(=O)O)NC(=O)[C@H](C)N)C(=O)N[C@@H](CCC(=O)O)C(=O)N[C@H](C(=O)N[C@@H](Cc1ccccc1)C(=O)N[C@@H](CC(N)=O)C(=O)N[C@@H](CC(C)C)C(=O)N[C@@H](Cc1cnc[nH]1)C(=O)N[C@@H](CCC(=O)O)C(=O)N[C@@H](CCCNC(=N)N)C(=O)N[C@@H](Cc1ccc(O)cc1)C(=O)N[C@@H](Cc1ccc(O)cc1)C(=O)N[C@@H](CC(=O)O)C(=O)O)C(C)C. The number of amides is 16. The van der Waals surface area contributed by atoms with Gasteiger partial charge in [-0.1, -0.05) is 116 Å².